The number of rotatable bonds is 4. The maximum atomic E-state index is 11.8. The minimum absolute atomic E-state index is 0.0253. The lowest BCUT2D eigenvalue weighted by atomic mass is 9.78. The van der Waals surface area contributed by atoms with Crippen LogP contribution in [0.5, 0.6) is 17.2 Å². The lowest BCUT2D eigenvalue weighted by molar-refractivity contribution is 0.107. The number of aliphatic hydroxyl groups excluding tert-OH is 1. The molecule has 0 radical (unpaired) electrons. The van der Waals surface area contributed by atoms with Crippen molar-refractivity contribution in [3.63, 3.8) is 0 Å². The van der Waals surface area contributed by atoms with Crippen LogP contribution in [0.3, 0.4) is 0 Å². The average Bonchev–Trinajstić information content (AvgIpc) is 3.36. The van der Waals surface area contributed by atoms with Crippen LogP contribution < -0.4 is 14.2 Å². The molecule has 0 saturated carbocycles. The molecule has 2 aromatic carbocycles. The maximum absolute atomic E-state index is 11.8. The SMILES string of the molecule is COc1c2c(cc3c1C(CC(O)c1cc(C(C)(C)C)cc4c1CCC4(C)C)N(C)CC3)OCO2. The van der Waals surface area contributed by atoms with Gasteiger partial charge in [-0.3, -0.25) is 4.90 Å². The zero-order chi connectivity index (χ0) is 24.4. The highest BCUT2D eigenvalue weighted by Crippen LogP contribution is 2.51. The molecule has 0 fully saturated rings. The van der Waals surface area contributed by atoms with E-state index in [2.05, 4.69) is 64.8 Å². The molecule has 2 aliphatic heterocycles. The number of fused-ring (bicyclic) bond motifs is 3. The van der Waals surface area contributed by atoms with Crippen molar-refractivity contribution in [2.75, 3.05) is 27.5 Å². The molecule has 184 valence electrons. The first-order valence-electron chi connectivity index (χ1n) is 12.6. The van der Waals surface area contributed by atoms with Crippen molar-refractivity contribution >= 4 is 0 Å². The van der Waals surface area contributed by atoms with Gasteiger partial charge in [0.25, 0.3) is 0 Å². The van der Waals surface area contributed by atoms with E-state index in [0.29, 0.717) is 12.2 Å². The second kappa shape index (κ2) is 8.17. The normalized spacial score (nSPS) is 21.8. The van der Waals surface area contributed by atoms with Gasteiger partial charge in [0.15, 0.2) is 11.5 Å². The molecule has 0 aromatic heterocycles. The van der Waals surface area contributed by atoms with E-state index in [-0.39, 0.29) is 23.7 Å². The van der Waals surface area contributed by atoms with E-state index in [0.717, 1.165) is 48.4 Å². The van der Waals surface area contributed by atoms with Crippen LogP contribution in [0.15, 0.2) is 18.2 Å². The summed E-state index contributed by atoms with van der Waals surface area (Å²) in [5, 5.41) is 11.8. The Kier molecular flexibility index (Phi) is 5.64. The molecule has 5 nitrogen and oxygen atoms in total. The van der Waals surface area contributed by atoms with Gasteiger partial charge in [0.05, 0.1) is 13.2 Å². The second-order valence-corrected chi connectivity index (χ2v) is 11.9. The third-order valence-electron chi connectivity index (χ3n) is 8.23. The molecule has 2 aromatic rings. The fourth-order valence-corrected chi connectivity index (χ4v) is 6.04. The minimum Gasteiger partial charge on any atom is -0.492 e. The van der Waals surface area contributed by atoms with Crippen molar-refractivity contribution in [2.24, 2.45) is 0 Å². The lowest BCUT2D eigenvalue weighted by Crippen LogP contribution is -2.33. The molecule has 2 heterocycles. The van der Waals surface area contributed by atoms with Crippen LogP contribution in [-0.2, 0) is 23.7 Å². The number of aliphatic hydroxyl groups is 1. The number of ether oxygens (including phenoxy) is 3. The van der Waals surface area contributed by atoms with E-state index < -0.39 is 6.10 Å². The molecule has 2 unspecified atom stereocenters. The Morgan fingerprint density at radius 3 is 2.65 bits per heavy atom. The van der Waals surface area contributed by atoms with Crippen molar-refractivity contribution in [3.8, 4) is 17.2 Å². The molecule has 5 rings (SSSR count). The molecule has 2 atom stereocenters. The summed E-state index contributed by atoms with van der Waals surface area (Å²) >= 11 is 0. The molecule has 0 amide bonds. The van der Waals surface area contributed by atoms with Gasteiger partial charge in [0.2, 0.25) is 12.5 Å². The number of hydrogen-bond acceptors (Lipinski definition) is 5. The van der Waals surface area contributed by atoms with Crippen LogP contribution in [-0.4, -0.2) is 37.5 Å². The van der Waals surface area contributed by atoms with E-state index >= 15 is 0 Å². The standard InChI is InChI=1S/C29H39NO4/c1-28(2,3)18-13-20(19-8-10-29(4,5)21(19)14-18)23(31)15-22-25-17(9-11-30(22)6)12-24-26(27(25)32-7)34-16-33-24/h12-14,22-23,31H,8-11,15-16H2,1-7H3. The van der Waals surface area contributed by atoms with Crippen LogP contribution >= 0.6 is 0 Å². The largest absolute Gasteiger partial charge is 0.492 e. The van der Waals surface area contributed by atoms with Crippen LogP contribution in [0.1, 0.15) is 93.0 Å². The van der Waals surface area contributed by atoms with Gasteiger partial charge in [0, 0.05) is 18.2 Å². The Morgan fingerprint density at radius 2 is 1.94 bits per heavy atom. The smallest absolute Gasteiger partial charge is 0.231 e. The topological polar surface area (TPSA) is 51.2 Å². The Balaban J connectivity index is 1.57. The molecule has 0 bridgehead atoms. The summed E-state index contributed by atoms with van der Waals surface area (Å²) < 4.78 is 17.3. The molecular formula is C29H39NO4. The first kappa shape index (κ1) is 23.5. The summed E-state index contributed by atoms with van der Waals surface area (Å²) in [6.45, 7) is 12.6. The fraction of sp³-hybridized carbons (Fsp3) is 0.586. The van der Waals surface area contributed by atoms with E-state index in [4.69, 9.17) is 14.2 Å². The van der Waals surface area contributed by atoms with Gasteiger partial charge < -0.3 is 19.3 Å². The van der Waals surface area contributed by atoms with Gasteiger partial charge in [0.1, 0.15) is 0 Å². The number of nitrogens with zero attached hydrogens (tertiary/aromatic N) is 1. The van der Waals surface area contributed by atoms with Gasteiger partial charge >= 0.3 is 0 Å². The van der Waals surface area contributed by atoms with Crippen LogP contribution in [0.2, 0.25) is 0 Å². The molecule has 3 aliphatic rings. The summed E-state index contributed by atoms with van der Waals surface area (Å²) in [4.78, 5) is 2.34. The Labute approximate surface area is 204 Å². The van der Waals surface area contributed by atoms with Crippen molar-refractivity contribution in [3.05, 3.63) is 51.6 Å². The van der Waals surface area contributed by atoms with E-state index in [1.807, 2.05) is 0 Å². The zero-order valence-electron chi connectivity index (χ0n) is 21.7. The van der Waals surface area contributed by atoms with E-state index in [1.54, 1.807) is 7.11 Å². The molecule has 1 N–H and O–H groups in total. The number of methoxy groups -OCH3 is 1. The van der Waals surface area contributed by atoms with Gasteiger partial charge in [-0.25, -0.2) is 0 Å². The molecule has 0 saturated heterocycles. The quantitative estimate of drug-likeness (QED) is 0.637. The predicted molar refractivity (Wildman–Crippen MR) is 134 cm³/mol. The number of hydrogen-bond donors (Lipinski definition) is 1. The molecule has 1 aliphatic carbocycles. The Hall–Kier alpha value is -2.24. The van der Waals surface area contributed by atoms with Crippen LogP contribution in [0.25, 0.3) is 0 Å². The fourth-order valence-electron chi connectivity index (χ4n) is 6.04. The first-order chi connectivity index (χ1) is 16.0. The third-order valence-corrected chi connectivity index (χ3v) is 8.23. The van der Waals surface area contributed by atoms with Crippen LogP contribution in [0, 0.1) is 0 Å². The summed E-state index contributed by atoms with van der Waals surface area (Å²) in [5.74, 6) is 2.20. The zero-order valence-corrected chi connectivity index (χ0v) is 21.7. The number of likely N-dealkylation sites (N-methyl/N-ethyl adjacent to an activating group) is 1. The number of benzene rings is 2. The van der Waals surface area contributed by atoms with Crippen molar-refractivity contribution in [2.45, 2.75) is 83.3 Å². The van der Waals surface area contributed by atoms with Gasteiger partial charge in [-0.2, -0.15) is 0 Å². The average molecular weight is 466 g/mol. The lowest BCUT2D eigenvalue weighted by Gasteiger charge is -2.37. The second-order valence-electron chi connectivity index (χ2n) is 11.9. The predicted octanol–water partition coefficient (Wildman–Crippen LogP) is 5.60. The van der Waals surface area contributed by atoms with Crippen molar-refractivity contribution in [1.82, 2.24) is 4.90 Å². The summed E-state index contributed by atoms with van der Waals surface area (Å²) in [6.07, 6.45) is 3.13. The van der Waals surface area contributed by atoms with Crippen molar-refractivity contribution in [1.29, 1.82) is 0 Å². The minimum atomic E-state index is -0.557. The highest BCUT2D eigenvalue weighted by molar-refractivity contribution is 5.62. The van der Waals surface area contributed by atoms with Crippen molar-refractivity contribution < 1.29 is 19.3 Å². The Bertz CT molecular complexity index is 1110. The van der Waals surface area contributed by atoms with Gasteiger partial charge in [-0.05, 0) is 77.4 Å². The highest BCUT2D eigenvalue weighted by Gasteiger charge is 2.38. The summed E-state index contributed by atoms with van der Waals surface area (Å²) in [7, 11) is 3.84. The summed E-state index contributed by atoms with van der Waals surface area (Å²) in [5.41, 5.74) is 7.68. The monoisotopic (exact) mass is 465 g/mol. The maximum Gasteiger partial charge on any atom is 0.231 e. The van der Waals surface area contributed by atoms with E-state index in [1.165, 1.54) is 22.3 Å². The molecular weight excluding hydrogens is 426 g/mol. The van der Waals surface area contributed by atoms with Gasteiger partial charge in [-0.15, -0.1) is 0 Å². The molecule has 5 heteroatoms. The Morgan fingerprint density at radius 1 is 1.18 bits per heavy atom. The first-order valence-corrected chi connectivity index (χ1v) is 12.6. The highest BCUT2D eigenvalue weighted by atomic mass is 16.7. The van der Waals surface area contributed by atoms with Gasteiger partial charge in [-0.1, -0.05) is 46.8 Å². The molecule has 34 heavy (non-hydrogen) atoms. The third kappa shape index (κ3) is 3.77. The van der Waals surface area contributed by atoms with E-state index in [9.17, 15) is 5.11 Å². The molecule has 0 spiro atoms. The summed E-state index contributed by atoms with van der Waals surface area (Å²) in [6, 6.07) is 6.80. The van der Waals surface area contributed by atoms with Crippen LogP contribution in [0.4, 0.5) is 0 Å².